The van der Waals surface area contributed by atoms with Gasteiger partial charge >= 0.3 is 0 Å². The molecule has 0 unspecified atom stereocenters. The third-order valence-electron chi connectivity index (χ3n) is 6.88. The van der Waals surface area contributed by atoms with Crippen molar-refractivity contribution < 1.29 is 4.39 Å². The summed E-state index contributed by atoms with van der Waals surface area (Å²) < 4.78 is 13.3. The Kier molecular flexibility index (Phi) is 7.65. The quantitative estimate of drug-likeness (QED) is 0.416. The van der Waals surface area contributed by atoms with Crippen molar-refractivity contribution >= 4 is 35.3 Å². The average molecular weight is 513 g/mol. The van der Waals surface area contributed by atoms with E-state index in [0.717, 1.165) is 56.1 Å². The van der Waals surface area contributed by atoms with Gasteiger partial charge in [0.15, 0.2) is 5.84 Å². The van der Waals surface area contributed by atoms with Gasteiger partial charge in [-0.1, -0.05) is 51.1 Å². The van der Waals surface area contributed by atoms with Gasteiger partial charge in [-0.2, -0.15) is 0 Å². The number of para-hydroxylation sites is 1. The normalized spacial score (nSPS) is 18.3. The standard InChI is InChI=1S/C28H33FN4S.ClH/c1-28(2,3)27-31-25-24(34-27)17-20-7-5-6-8-23(20)30-26(25)33-16-15-32(4)22(18-33)14-11-19-9-12-21(29)13-10-19;/h5-10,12-13,22H,11,14-18H2,1-4H3;1H/t22-;/m0./s1. The van der Waals surface area contributed by atoms with E-state index < -0.39 is 0 Å². The minimum absolute atomic E-state index is 0. The monoisotopic (exact) mass is 512 g/mol. The number of rotatable bonds is 3. The van der Waals surface area contributed by atoms with E-state index in [1.54, 1.807) is 12.1 Å². The molecule has 35 heavy (non-hydrogen) atoms. The molecule has 7 heteroatoms. The molecule has 3 aromatic rings. The first-order chi connectivity index (χ1) is 16.3. The first-order valence-electron chi connectivity index (χ1n) is 12.1. The lowest BCUT2D eigenvalue weighted by Crippen LogP contribution is -2.53. The van der Waals surface area contributed by atoms with Crippen molar-refractivity contribution in [3.05, 3.63) is 81.1 Å². The third kappa shape index (κ3) is 5.60. The van der Waals surface area contributed by atoms with Gasteiger partial charge in [-0.05, 0) is 49.2 Å². The predicted molar refractivity (Wildman–Crippen MR) is 146 cm³/mol. The number of thiazole rings is 1. The van der Waals surface area contributed by atoms with Gasteiger partial charge in [0.25, 0.3) is 0 Å². The van der Waals surface area contributed by atoms with Crippen molar-refractivity contribution in [3.63, 3.8) is 0 Å². The molecule has 4 nitrogen and oxygen atoms in total. The average Bonchev–Trinajstić information content (AvgIpc) is 3.17. The van der Waals surface area contributed by atoms with Gasteiger partial charge in [-0.3, -0.25) is 4.90 Å². The van der Waals surface area contributed by atoms with Crippen LogP contribution in [0.3, 0.4) is 0 Å². The van der Waals surface area contributed by atoms with E-state index >= 15 is 0 Å². The summed E-state index contributed by atoms with van der Waals surface area (Å²) in [5, 5.41) is 1.17. The Hall–Kier alpha value is -2.28. The number of halogens is 2. The van der Waals surface area contributed by atoms with Crippen LogP contribution in [-0.2, 0) is 18.3 Å². The fourth-order valence-electron chi connectivity index (χ4n) is 4.73. The highest BCUT2D eigenvalue weighted by Crippen LogP contribution is 2.36. The van der Waals surface area contributed by atoms with Crippen molar-refractivity contribution in [3.8, 4) is 0 Å². The number of likely N-dealkylation sites (N-methyl/N-ethyl adjacent to an activating group) is 1. The van der Waals surface area contributed by atoms with E-state index in [0.29, 0.717) is 6.04 Å². The molecule has 0 N–H and O–H groups in total. The zero-order chi connectivity index (χ0) is 23.9. The second-order valence-electron chi connectivity index (χ2n) is 10.5. The summed E-state index contributed by atoms with van der Waals surface area (Å²) >= 11 is 1.84. The van der Waals surface area contributed by atoms with E-state index in [4.69, 9.17) is 9.98 Å². The molecule has 0 spiro atoms. The van der Waals surface area contributed by atoms with Gasteiger partial charge in [-0.15, -0.1) is 23.7 Å². The third-order valence-corrected chi connectivity index (χ3v) is 8.36. The van der Waals surface area contributed by atoms with Crippen LogP contribution in [0.25, 0.3) is 0 Å². The molecule has 1 atom stereocenters. The Balaban J connectivity index is 0.00000289. The van der Waals surface area contributed by atoms with Crippen molar-refractivity contribution in [1.82, 2.24) is 14.8 Å². The van der Waals surface area contributed by atoms with Gasteiger partial charge < -0.3 is 4.90 Å². The molecule has 2 aliphatic heterocycles. The fraction of sp³-hybridized carbons (Fsp3) is 0.429. The largest absolute Gasteiger partial charge is 0.352 e. The summed E-state index contributed by atoms with van der Waals surface area (Å²) in [5.41, 5.74) is 4.59. The summed E-state index contributed by atoms with van der Waals surface area (Å²) in [6.07, 6.45) is 2.85. The number of aromatic nitrogens is 1. The molecular weight excluding hydrogens is 479 g/mol. The van der Waals surface area contributed by atoms with Crippen LogP contribution < -0.4 is 0 Å². The predicted octanol–water partition coefficient (Wildman–Crippen LogP) is 6.23. The van der Waals surface area contributed by atoms with E-state index in [2.05, 4.69) is 61.9 Å². The molecule has 2 aromatic carbocycles. The number of piperazine rings is 1. The zero-order valence-corrected chi connectivity index (χ0v) is 22.6. The number of hydrogen-bond acceptors (Lipinski definition) is 5. The second-order valence-corrected chi connectivity index (χ2v) is 11.6. The first kappa shape index (κ1) is 25.8. The smallest absolute Gasteiger partial charge is 0.156 e. The molecule has 0 aliphatic carbocycles. The number of fused-ring (bicyclic) bond motifs is 2. The SMILES string of the molecule is CN1CCN(C2=Nc3ccccc3Cc3sc(C(C)(C)C)nc32)C[C@@H]1CCc1ccc(F)cc1.Cl. The maximum Gasteiger partial charge on any atom is 0.156 e. The van der Waals surface area contributed by atoms with Crippen LogP contribution in [0.5, 0.6) is 0 Å². The number of benzene rings is 2. The van der Waals surface area contributed by atoms with Gasteiger partial charge in [0, 0.05) is 42.4 Å². The van der Waals surface area contributed by atoms with Crippen molar-refractivity contribution in [1.29, 1.82) is 0 Å². The van der Waals surface area contributed by atoms with Crippen molar-refractivity contribution in [2.75, 3.05) is 26.7 Å². The van der Waals surface area contributed by atoms with Crippen molar-refractivity contribution in [2.24, 2.45) is 4.99 Å². The van der Waals surface area contributed by atoms with Crippen LogP contribution in [-0.4, -0.2) is 53.3 Å². The molecular formula is C28H34ClFN4S. The lowest BCUT2D eigenvalue weighted by molar-refractivity contribution is 0.134. The summed E-state index contributed by atoms with van der Waals surface area (Å²) in [6, 6.07) is 15.8. The first-order valence-corrected chi connectivity index (χ1v) is 13.0. The Morgan fingerprint density at radius 3 is 2.54 bits per heavy atom. The fourth-order valence-corrected chi connectivity index (χ4v) is 5.87. The minimum atomic E-state index is -0.176. The molecule has 0 amide bonds. The van der Waals surface area contributed by atoms with Gasteiger partial charge in [0.05, 0.1) is 10.7 Å². The number of nitrogens with zero attached hydrogens (tertiary/aromatic N) is 4. The highest BCUT2D eigenvalue weighted by Gasteiger charge is 2.32. The van der Waals surface area contributed by atoms with Crippen molar-refractivity contribution in [2.45, 2.75) is 51.5 Å². The van der Waals surface area contributed by atoms with E-state index in [1.165, 1.54) is 21.0 Å². The molecule has 3 heterocycles. The number of hydrogen-bond donors (Lipinski definition) is 0. The molecule has 0 radical (unpaired) electrons. The van der Waals surface area contributed by atoms with Gasteiger partial charge in [0.1, 0.15) is 11.5 Å². The molecule has 2 aliphatic rings. The van der Waals surface area contributed by atoms with Crippen LogP contribution in [0.1, 0.15) is 53.9 Å². The van der Waals surface area contributed by atoms with Crippen LogP contribution in [0, 0.1) is 5.82 Å². The van der Waals surface area contributed by atoms with E-state index in [1.807, 2.05) is 23.5 Å². The van der Waals surface area contributed by atoms with Crippen LogP contribution >= 0.6 is 23.7 Å². The highest BCUT2D eigenvalue weighted by atomic mass is 35.5. The van der Waals surface area contributed by atoms with Gasteiger partial charge in [0.2, 0.25) is 0 Å². The Morgan fingerprint density at radius 1 is 1.06 bits per heavy atom. The van der Waals surface area contributed by atoms with Crippen LogP contribution in [0.4, 0.5) is 10.1 Å². The van der Waals surface area contributed by atoms with Crippen LogP contribution in [0.15, 0.2) is 53.5 Å². The number of aryl methyl sites for hydroxylation is 1. The topological polar surface area (TPSA) is 31.7 Å². The summed E-state index contributed by atoms with van der Waals surface area (Å²) in [6.45, 7) is 9.54. The van der Waals surface area contributed by atoms with E-state index in [9.17, 15) is 4.39 Å². The van der Waals surface area contributed by atoms with Gasteiger partial charge in [-0.25, -0.2) is 14.4 Å². The number of aliphatic imine (C=N–C) groups is 1. The molecule has 1 fully saturated rings. The zero-order valence-electron chi connectivity index (χ0n) is 20.9. The molecule has 1 aromatic heterocycles. The summed E-state index contributed by atoms with van der Waals surface area (Å²) in [4.78, 5) is 16.6. The Labute approximate surface area is 218 Å². The lowest BCUT2D eigenvalue weighted by atomic mass is 9.98. The molecule has 1 saturated heterocycles. The Bertz CT molecular complexity index is 1200. The van der Waals surface area contributed by atoms with E-state index in [-0.39, 0.29) is 23.6 Å². The summed E-state index contributed by atoms with van der Waals surface area (Å²) in [7, 11) is 2.21. The maximum absolute atomic E-state index is 13.3. The number of amidine groups is 1. The second kappa shape index (κ2) is 10.4. The molecule has 186 valence electrons. The molecule has 5 rings (SSSR count). The van der Waals surface area contributed by atoms with Crippen LogP contribution in [0.2, 0.25) is 0 Å². The lowest BCUT2D eigenvalue weighted by Gasteiger charge is -2.40. The Morgan fingerprint density at radius 2 is 1.80 bits per heavy atom. The molecule has 0 bridgehead atoms. The highest BCUT2D eigenvalue weighted by molar-refractivity contribution is 7.12. The minimum Gasteiger partial charge on any atom is -0.352 e. The molecule has 0 saturated carbocycles. The maximum atomic E-state index is 13.3. The summed E-state index contributed by atoms with van der Waals surface area (Å²) in [5.74, 6) is 0.844.